The van der Waals surface area contributed by atoms with Gasteiger partial charge in [0, 0.05) is 5.03 Å². The second-order valence-corrected chi connectivity index (χ2v) is 4.55. The molecule has 90 valence electrons. The molecule has 0 aliphatic carbocycles. The van der Waals surface area contributed by atoms with E-state index >= 15 is 0 Å². The maximum Gasteiger partial charge on any atom is 0.249 e. The van der Waals surface area contributed by atoms with Crippen LogP contribution in [0.25, 0.3) is 0 Å². The third-order valence-electron chi connectivity index (χ3n) is 2.98. The van der Waals surface area contributed by atoms with Crippen molar-refractivity contribution < 1.29 is 9.59 Å². The van der Waals surface area contributed by atoms with E-state index in [4.69, 9.17) is 11.6 Å². The summed E-state index contributed by atoms with van der Waals surface area (Å²) in [6.45, 7) is 7.62. The van der Waals surface area contributed by atoms with Gasteiger partial charge < -0.3 is 10.2 Å². The van der Waals surface area contributed by atoms with E-state index in [2.05, 4.69) is 11.9 Å². The summed E-state index contributed by atoms with van der Waals surface area (Å²) >= 11 is 5.68. The van der Waals surface area contributed by atoms with Gasteiger partial charge in [-0.15, -0.1) is 0 Å². The summed E-state index contributed by atoms with van der Waals surface area (Å²) < 4.78 is 0. The number of halogens is 1. The van der Waals surface area contributed by atoms with Gasteiger partial charge in [0.1, 0.15) is 12.1 Å². The van der Waals surface area contributed by atoms with Crippen LogP contribution in [0.5, 0.6) is 0 Å². The molecule has 1 aliphatic rings. The molecule has 0 spiro atoms. The van der Waals surface area contributed by atoms with E-state index in [-0.39, 0.29) is 24.9 Å². The van der Waals surface area contributed by atoms with Crippen molar-refractivity contribution in [1.29, 1.82) is 0 Å². The fraction of sp³-hybridized carbons (Fsp3) is 0.636. The Morgan fingerprint density at radius 1 is 1.50 bits per heavy atom. The van der Waals surface area contributed by atoms with E-state index in [1.165, 1.54) is 4.90 Å². The number of hydrogen-bond donors (Lipinski definition) is 1. The van der Waals surface area contributed by atoms with Crippen LogP contribution in [0.2, 0.25) is 0 Å². The number of hydrogen-bond acceptors (Lipinski definition) is 2. The number of rotatable bonds is 4. The minimum absolute atomic E-state index is 0.0618. The molecule has 1 N–H and O–H groups in total. The monoisotopic (exact) mass is 244 g/mol. The van der Waals surface area contributed by atoms with Gasteiger partial charge in [-0.25, -0.2) is 0 Å². The molecule has 0 saturated carbocycles. The standard InChI is InChI=1S/C11H17ClN2O2/c1-4-11(5-2)10(16)14(6-8(3)12)7-9(15)13-11/h3-7H2,1-2H3,(H,13,15). The summed E-state index contributed by atoms with van der Waals surface area (Å²) in [5, 5.41) is 3.14. The molecule has 0 aromatic heterocycles. The van der Waals surface area contributed by atoms with Crippen molar-refractivity contribution >= 4 is 23.4 Å². The van der Waals surface area contributed by atoms with Crippen LogP contribution in [0.1, 0.15) is 26.7 Å². The lowest BCUT2D eigenvalue weighted by Crippen LogP contribution is -2.66. The van der Waals surface area contributed by atoms with Gasteiger partial charge in [0.15, 0.2) is 0 Å². The molecule has 1 rings (SSSR count). The van der Waals surface area contributed by atoms with Crippen LogP contribution in [0.3, 0.4) is 0 Å². The lowest BCUT2D eigenvalue weighted by atomic mass is 9.89. The summed E-state index contributed by atoms with van der Waals surface area (Å²) in [6.07, 6.45) is 1.17. The minimum Gasteiger partial charge on any atom is -0.340 e. The highest BCUT2D eigenvalue weighted by atomic mass is 35.5. The van der Waals surface area contributed by atoms with E-state index in [1.807, 2.05) is 13.8 Å². The van der Waals surface area contributed by atoms with Crippen LogP contribution in [0.15, 0.2) is 11.6 Å². The Kier molecular flexibility index (Phi) is 3.97. The average molecular weight is 245 g/mol. The number of nitrogens with zero attached hydrogens (tertiary/aromatic N) is 1. The van der Waals surface area contributed by atoms with Gasteiger partial charge in [-0.3, -0.25) is 9.59 Å². The molecule has 1 aliphatic heterocycles. The van der Waals surface area contributed by atoms with Crippen molar-refractivity contribution in [2.75, 3.05) is 13.1 Å². The Balaban J connectivity index is 2.93. The fourth-order valence-electron chi connectivity index (χ4n) is 1.97. The van der Waals surface area contributed by atoms with Crippen LogP contribution >= 0.6 is 11.6 Å². The lowest BCUT2D eigenvalue weighted by Gasteiger charge is -2.41. The molecule has 4 nitrogen and oxygen atoms in total. The summed E-state index contributed by atoms with van der Waals surface area (Å²) in [5.74, 6) is -0.208. The van der Waals surface area contributed by atoms with Crippen molar-refractivity contribution in [1.82, 2.24) is 10.2 Å². The highest BCUT2D eigenvalue weighted by molar-refractivity contribution is 6.29. The molecule has 16 heavy (non-hydrogen) atoms. The van der Waals surface area contributed by atoms with Crippen molar-refractivity contribution in [3.8, 4) is 0 Å². The van der Waals surface area contributed by atoms with Gasteiger partial charge in [0.05, 0.1) is 6.54 Å². The Morgan fingerprint density at radius 2 is 2.06 bits per heavy atom. The SMILES string of the molecule is C=C(Cl)CN1CC(=O)NC(CC)(CC)C1=O. The average Bonchev–Trinajstić information content (AvgIpc) is 2.22. The quantitative estimate of drug-likeness (QED) is 0.809. The van der Waals surface area contributed by atoms with Crippen molar-refractivity contribution in [3.05, 3.63) is 11.6 Å². The van der Waals surface area contributed by atoms with Gasteiger partial charge in [-0.2, -0.15) is 0 Å². The molecular weight excluding hydrogens is 228 g/mol. The first-order valence-electron chi connectivity index (χ1n) is 5.39. The van der Waals surface area contributed by atoms with Gasteiger partial charge in [0.2, 0.25) is 11.8 Å². The van der Waals surface area contributed by atoms with Crippen LogP contribution in [0.4, 0.5) is 0 Å². The number of nitrogens with one attached hydrogen (secondary N) is 1. The largest absolute Gasteiger partial charge is 0.340 e. The van der Waals surface area contributed by atoms with Crippen molar-refractivity contribution in [2.24, 2.45) is 0 Å². The number of carbonyl (C=O) groups is 2. The van der Waals surface area contributed by atoms with E-state index in [9.17, 15) is 9.59 Å². The Labute approximate surface area is 101 Å². The topological polar surface area (TPSA) is 49.4 Å². The molecule has 1 fully saturated rings. The number of piperazine rings is 1. The number of carbonyl (C=O) groups excluding carboxylic acids is 2. The molecule has 0 bridgehead atoms. The zero-order valence-electron chi connectivity index (χ0n) is 9.68. The predicted molar refractivity (Wildman–Crippen MR) is 63.0 cm³/mol. The molecule has 0 aromatic carbocycles. The zero-order chi connectivity index (χ0) is 12.3. The van der Waals surface area contributed by atoms with Gasteiger partial charge in [-0.1, -0.05) is 32.0 Å². The highest BCUT2D eigenvalue weighted by Gasteiger charge is 2.43. The first-order valence-corrected chi connectivity index (χ1v) is 5.76. The molecule has 0 unspecified atom stereocenters. The maximum absolute atomic E-state index is 12.2. The molecule has 1 heterocycles. The molecule has 0 radical (unpaired) electrons. The van der Waals surface area contributed by atoms with Crippen molar-refractivity contribution in [2.45, 2.75) is 32.2 Å². The van der Waals surface area contributed by atoms with Crippen molar-refractivity contribution in [3.63, 3.8) is 0 Å². The molecular formula is C11H17ClN2O2. The minimum atomic E-state index is -0.762. The normalized spacial score (nSPS) is 19.6. The molecule has 0 atom stereocenters. The Bertz CT molecular complexity index is 322. The smallest absolute Gasteiger partial charge is 0.249 e. The van der Waals surface area contributed by atoms with E-state index in [0.29, 0.717) is 17.9 Å². The van der Waals surface area contributed by atoms with E-state index in [0.717, 1.165) is 0 Å². The zero-order valence-corrected chi connectivity index (χ0v) is 10.4. The Morgan fingerprint density at radius 3 is 2.50 bits per heavy atom. The van der Waals surface area contributed by atoms with Gasteiger partial charge >= 0.3 is 0 Å². The predicted octanol–water partition coefficient (Wildman–Crippen LogP) is 1.26. The van der Waals surface area contributed by atoms with Crippen LogP contribution in [-0.4, -0.2) is 35.3 Å². The second kappa shape index (κ2) is 4.87. The van der Waals surface area contributed by atoms with Gasteiger partial charge in [0.25, 0.3) is 0 Å². The summed E-state index contributed by atoms with van der Waals surface area (Å²) in [7, 11) is 0. The Hall–Kier alpha value is -1.03. The second-order valence-electron chi connectivity index (χ2n) is 4.02. The number of amides is 2. The molecule has 1 saturated heterocycles. The van der Waals surface area contributed by atoms with Crippen LogP contribution < -0.4 is 5.32 Å². The van der Waals surface area contributed by atoms with Gasteiger partial charge in [-0.05, 0) is 12.8 Å². The first kappa shape index (κ1) is 13.0. The van der Waals surface area contributed by atoms with Crippen LogP contribution in [0, 0.1) is 0 Å². The molecule has 0 aromatic rings. The third-order valence-corrected chi connectivity index (χ3v) is 3.10. The first-order chi connectivity index (χ1) is 7.45. The maximum atomic E-state index is 12.2. The lowest BCUT2D eigenvalue weighted by molar-refractivity contribution is -0.149. The van der Waals surface area contributed by atoms with E-state index in [1.54, 1.807) is 0 Å². The molecule has 2 amide bonds. The summed E-state index contributed by atoms with van der Waals surface area (Å²) in [6, 6.07) is 0. The highest BCUT2D eigenvalue weighted by Crippen LogP contribution is 2.22. The summed E-state index contributed by atoms with van der Waals surface area (Å²) in [5.41, 5.74) is -0.762. The van der Waals surface area contributed by atoms with Crippen LogP contribution in [-0.2, 0) is 9.59 Å². The summed E-state index contributed by atoms with van der Waals surface area (Å²) in [4.78, 5) is 25.2. The fourth-order valence-corrected chi connectivity index (χ4v) is 2.12. The third kappa shape index (κ3) is 2.38. The van der Waals surface area contributed by atoms with E-state index < -0.39 is 5.54 Å². The molecule has 5 heteroatoms.